The highest BCUT2D eigenvalue weighted by atomic mass is 32.2. The molecule has 2 N–H and O–H groups in total. The van der Waals surface area contributed by atoms with Gasteiger partial charge in [0.25, 0.3) is 0 Å². The summed E-state index contributed by atoms with van der Waals surface area (Å²) in [4.78, 5) is 8.99. The van der Waals surface area contributed by atoms with E-state index in [2.05, 4.69) is 31.0 Å². The van der Waals surface area contributed by atoms with Gasteiger partial charge in [0, 0.05) is 0 Å². The SMILES string of the molecule is CSC(=NCc1ccccc1)N/N=C/C=N/NC(=NCc1ccccc1)SC. The van der Waals surface area contributed by atoms with Gasteiger partial charge in [-0.25, -0.2) is 0 Å². The molecule has 0 aliphatic carbocycles. The van der Waals surface area contributed by atoms with E-state index in [0.717, 1.165) is 21.5 Å². The lowest BCUT2D eigenvalue weighted by Crippen LogP contribution is -2.15. The summed E-state index contributed by atoms with van der Waals surface area (Å²) in [5.74, 6) is 0. The minimum absolute atomic E-state index is 0.615. The molecule has 0 amide bonds. The van der Waals surface area contributed by atoms with E-state index < -0.39 is 0 Å². The number of benzene rings is 2. The summed E-state index contributed by atoms with van der Waals surface area (Å²) in [5.41, 5.74) is 8.15. The summed E-state index contributed by atoms with van der Waals surface area (Å²) < 4.78 is 0. The van der Waals surface area contributed by atoms with Crippen molar-refractivity contribution in [3.63, 3.8) is 0 Å². The summed E-state index contributed by atoms with van der Waals surface area (Å²) in [5, 5.41) is 9.71. The zero-order valence-electron chi connectivity index (χ0n) is 15.9. The minimum atomic E-state index is 0.615. The second kappa shape index (κ2) is 13.6. The van der Waals surface area contributed by atoms with Crippen molar-refractivity contribution in [1.82, 2.24) is 10.9 Å². The first-order chi connectivity index (χ1) is 13.8. The summed E-state index contributed by atoms with van der Waals surface area (Å²) in [6.45, 7) is 1.23. The van der Waals surface area contributed by atoms with Crippen LogP contribution in [0.1, 0.15) is 11.1 Å². The molecule has 0 unspecified atom stereocenters. The lowest BCUT2D eigenvalue weighted by atomic mass is 10.2. The van der Waals surface area contributed by atoms with Crippen LogP contribution in [-0.4, -0.2) is 35.3 Å². The molecule has 0 aromatic heterocycles. The second-order valence-corrected chi connectivity index (χ2v) is 6.99. The predicted octanol–water partition coefficient (Wildman–Crippen LogP) is 3.98. The van der Waals surface area contributed by atoms with E-state index in [0.29, 0.717) is 13.1 Å². The van der Waals surface area contributed by atoms with Crippen molar-refractivity contribution in [2.75, 3.05) is 12.5 Å². The fourth-order valence-electron chi connectivity index (χ4n) is 2.04. The third-order valence-corrected chi connectivity index (χ3v) is 4.63. The highest BCUT2D eigenvalue weighted by Gasteiger charge is 1.95. The van der Waals surface area contributed by atoms with E-state index in [-0.39, 0.29) is 0 Å². The van der Waals surface area contributed by atoms with Crippen molar-refractivity contribution in [1.29, 1.82) is 0 Å². The van der Waals surface area contributed by atoms with Gasteiger partial charge in [-0.3, -0.25) is 20.8 Å². The number of hydrazone groups is 2. The summed E-state index contributed by atoms with van der Waals surface area (Å²) >= 11 is 3.02. The van der Waals surface area contributed by atoms with Gasteiger partial charge in [-0.2, -0.15) is 10.2 Å². The van der Waals surface area contributed by atoms with E-state index >= 15 is 0 Å². The molecule has 2 aromatic carbocycles. The fraction of sp³-hybridized carbons (Fsp3) is 0.200. The van der Waals surface area contributed by atoms with Crippen molar-refractivity contribution in [3.8, 4) is 0 Å². The summed E-state index contributed by atoms with van der Waals surface area (Å²) in [6, 6.07) is 20.2. The first-order valence-electron chi connectivity index (χ1n) is 8.63. The Morgan fingerprint density at radius 2 is 1.11 bits per heavy atom. The zero-order chi connectivity index (χ0) is 19.9. The Morgan fingerprint density at radius 1 is 0.714 bits per heavy atom. The fourth-order valence-corrected chi connectivity index (χ4v) is 2.71. The standard InChI is InChI=1S/C20H24N6S2/c1-27-19(21-15-17-9-5-3-6-10-17)25-23-13-14-24-26-20(28-2)22-16-18-11-7-4-8-12-18/h3-14H,15-16H2,1-2H3,(H,21,25)(H,22,26)/b23-13+,24-14+. The Hall–Kier alpha value is -2.58. The number of aliphatic imine (C=N–C) groups is 2. The Labute approximate surface area is 174 Å². The van der Waals surface area contributed by atoms with Crippen LogP contribution in [-0.2, 0) is 13.1 Å². The maximum Gasteiger partial charge on any atom is 0.177 e. The normalized spacial score (nSPS) is 12.6. The largest absolute Gasteiger partial charge is 0.256 e. The van der Waals surface area contributed by atoms with Crippen LogP contribution in [0.25, 0.3) is 0 Å². The highest BCUT2D eigenvalue weighted by Crippen LogP contribution is 2.04. The third-order valence-electron chi connectivity index (χ3n) is 3.42. The number of hydrogen-bond donors (Lipinski definition) is 2. The van der Waals surface area contributed by atoms with E-state index in [4.69, 9.17) is 0 Å². The van der Waals surface area contributed by atoms with E-state index in [1.807, 2.05) is 73.2 Å². The molecule has 0 aliphatic rings. The van der Waals surface area contributed by atoms with Gasteiger partial charge in [0.05, 0.1) is 25.5 Å². The van der Waals surface area contributed by atoms with Gasteiger partial charge in [0.2, 0.25) is 0 Å². The van der Waals surface area contributed by atoms with Crippen molar-refractivity contribution >= 4 is 46.3 Å². The third kappa shape index (κ3) is 8.88. The number of thioether (sulfide) groups is 2. The van der Waals surface area contributed by atoms with Gasteiger partial charge in [-0.1, -0.05) is 84.2 Å². The van der Waals surface area contributed by atoms with Gasteiger partial charge < -0.3 is 0 Å². The maximum atomic E-state index is 4.50. The zero-order valence-corrected chi connectivity index (χ0v) is 17.6. The van der Waals surface area contributed by atoms with Crippen LogP contribution in [0.5, 0.6) is 0 Å². The van der Waals surface area contributed by atoms with Gasteiger partial charge in [-0.15, -0.1) is 0 Å². The molecule has 0 fully saturated rings. The summed E-state index contributed by atoms with van der Waals surface area (Å²) in [6.07, 6.45) is 7.04. The van der Waals surface area contributed by atoms with Gasteiger partial charge in [0.15, 0.2) is 10.3 Å². The number of nitrogens with zero attached hydrogens (tertiary/aromatic N) is 4. The predicted molar refractivity (Wildman–Crippen MR) is 125 cm³/mol. The molecule has 0 saturated heterocycles. The molecule has 0 aliphatic heterocycles. The quantitative estimate of drug-likeness (QED) is 0.410. The molecule has 2 aromatic rings. The van der Waals surface area contributed by atoms with Crippen molar-refractivity contribution in [2.24, 2.45) is 20.2 Å². The molecule has 0 atom stereocenters. The minimum Gasteiger partial charge on any atom is -0.256 e. The van der Waals surface area contributed by atoms with E-state index in [1.54, 1.807) is 12.4 Å². The number of nitrogens with one attached hydrogen (secondary N) is 2. The van der Waals surface area contributed by atoms with E-state index in [9.17, 15) is 0 Å². The smallest absolute Gasteiger partial charge is 0.177 e. The Bertz CT molecular complexity index is 734. The summed E-state index contributed by atoms with van der Waals surface area (Å²) in [7, 11) is 0. The van der Waals surface area contributed by atoms with Crippen LogP contribution < -0.4 is 10.9 Å². The Balaban J connectivity index is 1.76. The number of rotatable bonds is 7. The molecule has 0 heterocycles. The number of amidine groups is 2. The number of hydrogen-bond acceptors (Lipinski definition) is 6. The Morgan fingerprint density at radius 3 is 1.46 bits per heavy atom. The van der Waals surface area contributed by atoms with Gasteiger partial charge in [0.1, 0.15) is 0 Å². The molecule has 2 rings (SSSR count). The first-order valence-corrected chi connectivity index (χ1v) is 11.1. The van der Waals surface area contributed by atoms with Crippen LogP contribution in [0.15, 0.2) is 80.9 Å². The molecule has 0 spiro atoms. The average molecular weight is 413 g/mol. The topological polar surface area (TPSA) is 73.5 Å². The molecule has 0 radical (unpaired) electrons. The van der Waals surface area contributed by atoms with Crippen LogP contribution in [0.3, 0.4) is 0 Å². The molecule has 28 heavy (non-hydrogen) atoms. The van der Waals surface area contributed by atoms with Crippen molar-refractivity contribution in [3.05, 3.63) is 71.8 Å². The molecule has 8 heteroatoms. The first kappa shape index (κ1) is 21.7. The molecule has 0 bridgehead atoms. The molecule has 6 nitrogen and oxygen atoms in total. The monoisotopic (exact) mass is 412 g/mol. The van der Waals surface area contributed by atoms with Crippen molar-refractivity contribution in [2.45, 2.75) is 13.1 Å². The lowest BCUT2D eigenvalue weighted by Gasteiger charge is -2.02. The van der Waals surface area contributed by atoms with Crippen LogP contribution >= 0.6 is 23.5 Å². The highest BCUT2D eigenvalue weighted by molar-refractivity contribution is 8.13. The second-order valence-electron chi connectivity index (χ2n) is 5.40. The van der Waals surface area contributed by atoms with Crippen LogP contribution in [0.4, 0.5) is 0 Å². The van der Waals surface area contributed by atoms with E-state index in [1.165, 1.54) is 23.5 Å². The lowest BCUT2D eigenvalue weighted by molar-refractivity contribution is 0.994. The van der Waals surface area contributed by atoms with Crippen LogP contribution in [0.2, 0.25) is 0 Å². The molecular formula is C20H24N6S2. The molecule has 0 saturated carbocycles. The maximum absolute atomic E-state index is 4.50. The van der Waals surface area contributed by atoms with Crippen molar-refractivity contribution < 1.29 is 0 Å². The van der Waals surface area contributed by atoms with Gasteiger partial charge in [-0.05, 0) is 23.6 Å². The molecule has 146 valence electrons. The van der Waals surface area contributed by atoms with Crippen LogP contribution in [0, 0.1) is 0 Å². The van der Waals surface area contributed by atoms with Gasteiger partial charge >= 0.3 is 0 Å². The molecular weight excluding hydrogens is 388 g/mol. The average Bonchev–Trinajstić information content (AvgIpc) is 2.76. The Kier molecular flexibility index (Phi) is 10.5.